The zero-order valence-corrected chi connectivity index (χ0v) is 17.2. The molecule has 0 N–H and O–H groups in total. The van der Waals surface area contributed by atoms with Crippen molar-refractivity contribution in [1.29, 1.82) is 0 Å². The molecule has 2 heterocycles. The lowest BCUT2D eigenvalue weighted by molar-refractivity contribution is -0.133. The maximum Gasteiger partial charge on any atom is 0.227 e. The number of hydrogen-bond donors (Lipinski definition) is 0. The number of carbonyl (C=O) groups excluding carboxylic acids is 1. The summed E-state index contributed by atoms with van der Waals surface area (Å²) in [5.41, 5.74) is 2.34. The summed E-state index contributed by atoms with van der Waals surface area (Å²) < 4.78 is 13.1. The fourth-order valence-electron chi connectivity index (χ4n) is 4.80. The maximum atomic E-state index is 13.1. The van der Waals surface area contributed by atoms with Gasteiger partial charge in [-0.2, -0.15) is 0 Å². The van der Waals surface area contributed by atoms with E-state index in [1.165, 1.54) is 17.7 Å². The first-order chi connectivity index (χ1) is 14.1. The Kier molecular flexibility index (Phi) is 5.97. The Morgan fingerprint density at radius 3 is 2.14 bits per heavy atom. The number of hydrogen-bond acceptors (Lipinski definition) is 3. The molecule has 29 heavy (non-hydrogen) atoms. The number of piperazine rings is 1. The van der Waals surface area contributed by atoms with Gasteiger partial charge in [0, 0.05) is 31.7 Å². The molecule has 0 spiro atoms. The molecule has 2 aliphatic rings. The molecule has 2 fully saturated rings. The predicted molar refractivity (Wildman–Crippen MR) is 113 cm³/mol. The van der Waals surface area contributed by atoms with Crippen LogP contribution in [0.4, 0.5) is 4.39 Å². The van der Waals surface area contributed by atoms with E-state index in [0.717, 1.165) is 57.7 Å². The molecule has 4 nitrogen and oxygen atoms in total. The Bertz CT molecular complexity index is 808. The van der Waals surface area contributed by atoms with Crippen LogP contribution in [0.1, 0.15) is 24.0 Å². The van der Waals surface area contributed by atoms with Gasteiger partial charge in [0.1, 0.15) is 5.82 Å². The van der Waals surface area contributed by atoms with Crippen LogP contribution in [0.15, 0.2) is 54.6 Å². The minimum atomic E-state index is -0.265. The third kappa shape index (κ3) is 4.36. The predicted octanol–water partition coefficient (Wildman–Crippen LogP) is 3.13. The monoisotopic (exact) mass is 395 g/mol. The van der Waals surface area contributed by atoms with Gasteiger partial charge in [0.2, 0.25) is 5.91 Å². The van der Waals surface area contributed by atoms with Gasteiger partial charge in [-0.05, 0) is 56.2 Å². The Hall–Kier alpha value is -2.24. The fraction of sp³-hybridized carbons (Fsp3) is 0.458. The minimum Gasteiger partial charge on any atom is -0.340 e. The van der Waals surface area contributed by atoms with Crippen molar-refractivity contribution in [1.82, 2.24) is 14.7 Å². The highest BCUT2D eigenvalue weighted by atomic mass is 19.1. The Morgan fingerprint density at radius 2 is 1.52 bits per heavy atom. The number of halogens is 1. The van der Waals surface area contributed by atoms with Gasteiger partial charge in [0.15, 0.2) is 0 Å². The number of rotatable bonds is 4. The van der Waals surface area contributed by atoms with Crippen LogP contribution in [0.2, 0.25) is 0 Å². The molecule has 0 bridgehead atoms. The maximum absolute atomic E-state index is 13.1. The molecule has 2 aromatic rings. The van der Waals surface area contributed by atoms with Crippen LogP contribution in [0.5, 0.6) is 0 Å². The third-order valence-corrected chi connectivity index (χ3v) is 6.63. The number of piperidine rings is 1. The second-order valence-electron chi connectivity index (χ2n) is 8.37. The van der Waals surface area contributed by atoms with Gasteiger partial charge in [-0.1, -0.05) is 42.5 Å². The summed E-state index contributed by atoms with van der Waals surface area (Å²) in [5.74, 6) is -0.132. The van der Waals surface area contributed by atoms with Crippen LogP contribution in [0.25, 0.3) is 0 Å². The zero-order valence-electron chi connectivity index (χ0n) is 17.2. The van der Waals surface area contributed by atoms with Crippen molar-refractivity contribution in [3.05, 3.63) is 71.5 Å². The molecule has 5 heteroatoms. The van der Waals surface area contributed by atoms with Crippen molar-refractivity contribution in [2.24, 2.45) is 0 Å². The van der Waals surface area contributed by atoms with Crippen LogP contribution >= 0.6 is 0 Å². The first-order valence-corrected chi connectivity index (χ1v) is 10.6. The largest absolute Gasteiger partial charge is 0.340 e. The van der Waals surface area contributed by atoms with Gasteiger partial charge in [0.25, 0.3) is 0 Å². The molecular formula is C24H30FN3O. The molecule has 154 valence electrons. The van der Waals surface area contributed by atoms with Gasteiger partial charge in [-0.3, -0.25) is 9.69 Å². The number of amides is 1. The highest BCUT2D eigenvalue weighted by Crippen LogP contribution is 2.39. The molecule has 0 unspecified atom stereocenters. The fourth-order valence-corrected chi connectivity index (χ4v) is 4.80. The van der Waals surface area contributed by atoms with E-state index >= 15 is 0 Å². The van der Waals surface area contributed by atoms with Crippen molar-refractivity contribution in [3.63, 3.8) is 0 Å². The highest BCUT2D eigenvalue weighted by Gasteiger charge is 2.42. The van der Waals surface area contributed by atoms with E-state index in [4.69, 9.17) is 0 Å². The molecule has 0 aromatic heterocycles. The van der Waals surface area contributed by atoms with E-state index < -0.39 is 0 Å². The van der Waals surface area contributed by atoms with Crippen LogP contribution < -0.4 is 0 Å². The number of benzene rings is 2. The van der Waals surface area contributed by atoms with Crippen molar-refractivity contribution < 1.29 is 9.18 Å². The Labute approximate surface area is 172 Å². The first-order valence-electron chi connectivity index (χ1n) is 10.6. The van der Waals surface area contributed by atoms with Crippen LogP contribution in [-0.4, -0.2) is 66.9 Å². The lowest BCUT2D eigenvalue weighted by Gasteiger charge is -2.51. The van der Waals surface area contributed by atoms with E-state index in [0.29, 0.717) is 6.42 Å². The summed E-state index contributed by atoms with van der Waals surface area (Å²) in [7, 11) is 2.20. The van der Waals surface area contributed by atoms with Gasteiger partial charge in [-0.25, -0.2) is 4.39 Å². The van der Waals surface area contributed by atoms with Crippen LogP contribution in [0, 0.1) is 5.82 Å². The molecule has 0 radical (unpaired) electrons. The topological polar surface area (TPSA) is 26.8 Å². The van der Waals surface area contributed by atoms with Crippen molar-refractivity contribution >= 4 is 5.91 Å². The van der Waals surface area contributed by atoms with Crippen LogP contribution in [0.3, 0.4) is 0 Å². The molecule has 0 aliphatic carbocycles. The quantitative estimate of drug-likeness (QED) is 0.796. The Balaban J connectivity index is 1.43. The zero-order chi connectivity index (χ0) is 20.3. The van der Waals surface area contributed by atoms with Gasteiger partial charge in [-0.15, -0.1) is 0 Å². The van der Waals surface area contributed by atoms with E-state index in [1.54, 1.807) is 12.1 Å². The van der Waals surface area contributed by atoms with Crippen molar-refractivity contribution in [2.45, 2.75) is 24.8 Å². The second-order valence-corrected chi connectivity index (χ2v) is 8.37. The van der Waals surface area contributed by atoms with E-state index in [2.05, 4.69) is 47.2 Å². The third-order valence-electron chi connectivity index (χ3n) is 6.63. The molecule has 2 saturated heterocycles. The summed E-state index contributed by atoms with van der Waals surface area (Å²) in [6.45, 7) is 5.49. The lowest BCUT2D eigenvalue weighted by atomic mass is 9.79. The van der Waals surface area contributed by atoms with E-state index in [9.17, 15) is 9.18 Å². The summed E-state index contributed by atoms with van der Waals surface area (Å²) in [6, 6.07) is 17.1. The summed E-state index contributed by atoms with van der Waals surface area (Å²) in [4.78, 5) is 19.7. The lowest BCUT2D eigenvalue weighted by Crippen LogP contribution is -2.59. The second kappa shape index (κ2) is 8.64. The highest BCUT2D eigenvalue weighted by molar-refractivity contribution is 5.78. The average molecular weight is 396 g/mol. The van der Waals surface area contributed by atoms with Gasteiger partial charge < -0.3 is 9.80 Å². The first kappa shape index (κ1) is 20.0. The normalized spacial score (nSPS) is 20.6. The molecule has 4 rings (SSSR count). The van der Waals surface area contributed by atoms with Crippen molar-refractivity contribution in [2.75, 3.05) is 46.3 Å². The smallest absolute Gasteiger partial charge is 0.227 e. The SMILES string of the molecule is CN1CCC(c2ccccc2)(N2CCN(C(=O)Cc3ccc(F)cc3)CC2)CC1. The van der Waals surface area contributed by atoms with Gasteiger partial charge >= 0.3 is 0 Å². The molecule has 0 atom stereocenters. The summed E-state index contributed by atoms with van der Waals surface area (Å²) >= 11 is 0. The van der Waals surface area contributed by atoms with Crippen molar-refractivity contribution in [3.8, 4) is 0 Å². The Morgan fingerprint density at radius 1 is 0.897 bits per heavy atom. The molecule has 2 aliphatic heterocycles. The van der Waals surface area contributed by atoms with E-state index in [-0.39, 0.29) is 17.3 Å². The van der Waals surface area contributed by atoms with Crippen LogP contribution in [-0.2, 0) is 16.8 Å². The summed E-state index contributed by atoms with van der Waals surface area (Å²) in [5, 5.41) is 0. The van der Waals surface area contributed by atoms with E-state index in [1.807, 2.05) is 4.90 Å². The van der Waals surface area contributed by atoms with Gasteiger partial charge in [0.05, 0.1) is 6.42 Å². The molecule has 2 aromatic carbocycles. The minimum absolute atomic E-state index is 0.0693. The standard InChI is InChI=1S/C24H30FN3O/c1-26-13-11-24(12-14-26,21-5-3-2-4-6-21)28-17-15-27(16-18-28)23(29)19-20-7-9-22(25)10-8-20/h2-10H,11-19H2,1H3. The number of nitrogens with zero attached hydrogens (tertiary/aromatic N) is 3. The summed E-state index contributed by atoms with van der Waals surface area (Å²) in [6.07, 6.45) is 2.59. The molecular weight excluding hydrogens is 365 g/mol. The number of carbonyl (C=O) groups is 1. The molecule has 1 amide bonds. The molecule has 0 saturated carbocycles. The average Bonchev–Trinajstić information content (AvgIpc) is 2.77. The number of likely N-dealkylation sites (tertiary alicyclic amines) is 1.